The highest BCUT2D eigenvalue weighted by atomic mass is 16.1. The molecule has 6 heteroatoms. The minimum atomic E-state index is 0.0752. The molecule has 7 rings (SSSR count). The number of hydrogen-bond acceptors (Lipinski definition) is 5. The highest BCUT2D eigenvalue weighted by Gasteiger charge is 2.06. The van der Waals surface area contributed by atoms with Crippen LogP contribution in [0.15, 0.2) is 175 Å². The number of nitrogens with zero attached hydrogens (tertiary/aromatic N) is 4. The average molecular weight is 829 g/mol. The molecule has 0 aliphatic carbocycles. The van der Waals surface area contributed by atoms with Gasteiger partial charge in [0, 0.05) is 16.7 Å². The summed E-state index contributed by atoms with van der Waals surface area (Å²) in [5.74, 6) is 0.201. The van der Waals surface area contributed by atoms with Crippen molar-refractivity contribution in [3.63, 3.8) is 0 Å². The molecule has 62 heavy (non-hydrogen) atoms. The van der Waals surface area contributed by atoms with Gasteiger partial charge in [0.2, 0.25) is 0 Å². The minimum Gasteiger partial charge on any atom is -0.295 e. The normalized spacial score (nSPS) is 9.68. The van der Waals surface area contributed by atoms with Gasteiger partial charge in [0.15, 0.2) is 11.6 Å². The highest BCUT2D eigenvalue weighted by molar-refractivity contribution is 6.08. The number of para-hydroxylation sites is 1. The van der Waals surface area contributed by atoms with Gasteiger partial charge >= 0.3 is 0 Å². The van der Waals surface area contributed by atoms with Gasteiger partial charge in [0.1, 0.15) is 11.0 Å². The molecule has 6 nitrogen and oxygen atoms in total. The SMILES string of the molecule is C/C(C#N)=C\c1ccc(C)cc1.CC.CC.CC.CC.CC(=O)/C(C)=C/c1ccc(C)cc1.O=C(c1ccccc1)c1ccccc1.c1ccc(-n2nc3ccccc3n2)cc1. The van der Waals surface area contributed by atoms with Crippen molar-refractivity contribution in [2.45, 2.75) is 90.0 Å². The summed E-state index contributed by atoms with van der Waals surface area (Å²) in [5, 5.41) is 17.3. The Kier molecular flexibility index (Phi) is 30.0. The van der Waals surface area contributed by atoms with Gasteiger partial charge in [-0.3, -0.25) is 9.59 Å². The van der Waals surface area contributed by atoms with E-state index in [0.29, 0.717) is 0 Å². The Bertz CT molecular complexity index is 2260. The maximum Gasteiger partial charge on any atom is 0.193 e. The molecular weight excluding hydrogens is 761 g/mol. The van der Waals surface area contributed by atoms with Gasteiger partial charge in [0.05, 0.1) is 11.8 Å². The van der Waals surface area contributed by atoms with Crippen LogP contribution in [0.1, 0.15) is 114 Å². The number of benzene rings is 6. The first kappa shape index (κ1) is 55.0. The quantitative estimate of drug-likeness (QED) is 0.0946. The zero-order valence-electron chi connectivity index (χ0n) is 39.3. The van der Waals surface area contributed by atoms with Gasteiger partial charge in [-0.2, -0.15) is 10.1 Å². The van der Waals surface area contributed by atoms with Crippen molar-refractivity contribution in [1.29, 1.82) is 5.26 Å². The number of carbonyl (C=O) groups excluding carboxylic acids is 2. The Morgan fingerprint density at radius 2 is 0.823 bits per heavy atom. The van der Waals surface area contributed by atoms with Crippen LogP contribution >= 0.6 is 0 Å². The molecule has 0 amide bonds. The molecule has 0 N–H and O–H groups in total. The zero-order valence-corrected chi connectivity index (χ0v) is 39.3. The van der Waals surface area contributed by atoms with Crippen LogP contribution < -0.4 is 0 Å². The van der Waals surface area contributed by atoms with Crippen molar-refractivity contribution in [3.05, 3.63) is 208 Å². The Hall–Kier alpha value is -6.97. The lowest BCUT2D eigenvalue weighted by Gasteiger charge is -1.99. The summed E-state index contributed by atoms with van der Waals surface area (Å²) in [4.78, 5) is 24.5. The van der Waals surface area contributed by atoms with Crippen molar-refractivity contribution in [1.82, 2.24) is 15.0 Å². The Morgan fingerprint density at radius 1 is 0.484 bits per heavy atom. The molecule has 0 aliphatic heterocycles. The fraction of sp³-hybridized carbons (Fsp3) is 0.232. The molecule has 1 aromatic heterocycles. The first-order chi connectivity index (χ1) is 30.1. The van der Waals surface area contributed by atoms with E-state index in [9.17, 15) is 9.59 Å². The topological polar surface area (TPSA) is 88.6 Å². The van der Waals surface area contributed by atoms with E-state index in [-0.39, 0.29) is 11.6 Å². The van der Waals surface area contributed by atoms with Crippen molar-refractivity contribution < 1.29 is 9.59 Å². The van der Waals surface area contributed by atoms with Crippen LogP contribution in [-0.2, 0) is 4.79 Å². The van der Waals surface area contributed by atoms with E-state index in [0.717, 1.165) is 50.1 Å². The lowest BCUT2D eigenvalue weighted by atomic mass is 10.0. The molecule has 7 aromatic rings. The van der Waals surface area contributed by atoms with Gasteiger partial charge in [-0.25, -0.2) is 0 Å². The molecular formula is C56H68N4O2. The smallest absolute Gasteiger partial charge is 0.193 e. The third-order valence-corrected chi connectivity index (χ3v) is 8.00. The first-order valence-electron chi connectivity index (χ1n) is 21.6. The summed E-state index contributed by atoms with van der Waals surface area (Å²) in [7, 11) is 0. The summed E-state index contributed by atoms with van der Waals surface area (Å²) < 4.78 is 0. The van der Waals surface area contributed by atoms with Crippen LogP contribution in [0, 0.1) is 25.2 Å². The van der Waals surface area contributed by atoms with E-state index >= 15 is 0 Å². The number of aryl methyl sites for hydroxylation is 2. The number of allylic oxidation sites excluding steroid dienone is 2. The van der Waals surface area contributed by atoms with Crippen molar-refractivity contribution in [2.24, 2.45) is 0 Å². The maximum atomic E-state index is 11.8. The number of Topliss-reactive ketones (excluding diaryl/α,β-unsaturated/α-hetero) is 1. The number of hydrogen-bond donors (Lipinski definition) is 0. The van der Waals surface area contributed by atoms with E-state index in [1.165, 1.54) is 11.1 Å². The second-order valence-electron chi connectivity index (χ2n) is 12.5. The molecule has 1 heterocycles. The Labute approximate surface area is 373 Å². The fourth-order valence-corrected chi connectivity index (χ4v) is 4.84. The van der Waals surface area contributed by atoms with Gasteiger partial charge < -0.3 is 0 Å². The van der Waals surface area contributed by atoms with Crippen molar-refractivity contribution in [3.8, 4) is 11.8 Å². The minimum absolute atomic E-state index is 0.0752. The van der Waals surface area contributed by atoms with Crippen LogP contribution in [0.4, 0.5) is 0 Å². The zero-order chi connectivity index (χ0) is 46.7. The number of aromatic nitrogens is 3. The molecule has 0 fully saturated rings. The molecule has 0 saturated heterocycles. The van der Waals surface area contributed by atoms with Gasteiger partial charge in [-0.1, -0.05) is 206 Å². The van der Waals surface area contributed by atoms with Gasteiger partial charge in [-0.15, -0.1) is 10.2 Å². The third-order valence-electron chi connectivity index (χ3n) is 8.00. The van der Waals surface area contributed by atoms with E-state index in [2.05, 4.69) is 16.3 Å². The largest absolute Gasteiger partial charge is 0.295 e. The van der Waals surface area contributed by atoms with E-state index in [1.54, 1.807) is 18.6 Å². The number of carbonyl (C=O) groups is 2. The highest BCUT2D eigenvalue weighted by Crippen LogP contribution is 2.12. The van der Waals surface area contributed by atoms with E-state index in [1.807, 2.05) is 252 Å². The second-order valence-corrected chi connectivity index (χ2v) is 12.5. The second kappa shape index (κ2) is 33.8. The van der Waals surface area contributed by atoms with Gasteiger partial charge in [0.25, 0.3) is 0 Å². The number of rotatable bonds is 6. The van der Waals surface area contributed by atoms with Crippen LogP contribution in [0.2, 0.25) is 0 Å². The number of nitriles is 1. The number of ketones is 2. The van der Waals surface area contributed by atoms with Crippen LogP contribution in [0.3, 0.4) is 0 Å². The molecule has 324 valence electrons. The molecule has 0 aliphatic rings. The predicted molar refractivity (Wildman–Crippen MR) is 267 cm³/mol. The standard InChI is InChI=1S/C13H10O.C12H9N3.C12H14O.C11H11N.4C2H6/c14-13(11-7-3-1-4-8-11)12-9-5-2-6-10-12;1-2-6-10(7-3-1)15-13-11-8-4-5-9-12(11)14-15;1-9-4-6-12(7-5-9)8-10(2)11(3)13;1-9-3-5-11(6-4-9)7-10(2)8-12;4*1-2/h1-10H;1-9H;4-8H,1-3H3;3-7H,1-2H3;4*1-2H3/b;;10-8+;10-7+;;;;. The molecule has 0 spiro atoms. The van der Waals surface area contributed by atoms with Crippen LogP contribution in [0.5, 0.6) is 0 Å². The lowest BCUT2D eigenvalue weighted by Crippen LogP contribution is -1.99. The lowest BCUT2D eigenvalue weighted by molar-refractivity contribution is -0.113. The Balaban J connectivity index is 0.000000760. The molecule has 0 unspecified atom stereocenters. The molecule has 0 atom stereocenters. The molecule has 0 radical (unpaired) electrons. The fourth-order valence-electron chi connectivity index (χ4n) is 4.84. The van der Waals surface area contributed by atoms with Crippen LogP contribution in [-0.4, -0.2) is 26.6 Å². The van der Waals surface area contributed by atoms with Gasteiger partial charge in [-0.05, 0) is 87.7 Å². The molecule has 6 aromatic carbocycles. The van der Waals surface area contributed by atoms with E-state index in [4.69, 9.17) is 5.26 Å². The monoisotopic (exact) mass is 829 g/mol. The summed E-state index contributed by atoms with van der Waals surface area (Å²) in [6.07, 6.45) is 3.78. The summed E-state index contributed by atoms with van der Waals surface area (Å²) >= 11 is 0. The predicted octanol–water partition coefficient (Wildman–Crippen LogP) is 15.4. The average Bonchev–Trinajstić information content (AvgIpc) is 3.79. The molecule has 0 bridgehead atoms. The third kappa shape index (κ3) is 21.3. The summed E-state index contributed by atoms with van der Waals surface area (Å²) in [5.41, 5.74) is 10.5. The summed E-state index contributed by atoms with van der Waals surface area (Å²) in [6.45, 7) is 25.3. The number of fused-ring (bicyclic) bond motifs is 1. The van der Waals surface area contributed by atoms with Crippen molar-refractivity contribution in [2.75, 3.05) is 0 Å². The first-order valence-corrected chi connectivity index (χ1v) is 21.6. The Morgan fingerprint density at radius 3 is 1.18 bits per heavy atom. The summed E-state index contributed by atoms with van der Waals surface area (Å²) in [6, 6.07) is 54.7. The van der Waals surface area contributed by atoms with E-state index < -0.39 is 0 Å². The maximum absolute atomic E-state index is 11.8. The van der Waals surface area contributed by atoms with Crippen LogP contribution in [0.25, 0.3) is 28.9 Å². The van der Waals surface area contributed by atoms with Crippen molar-refractivity contribution >= 4 is 34.8 Å². The molecule has 0 saturated carbocycles.